The summed E-state index contributed by atoms with van der Waals surface area (Å²) in [5.41, 5.74) is 0.741. The first-order valence-electron chi connectivity index (χ1n) is 6.02. The third kappa shape index (κ3) is 5.53. The smallest absolute Gasteiger partial charge is 0.382 e. The molecule has 0 saturated heterocycles. The second-order valence-electron chi connectivity index (χ2n) is 4.19. The molecule has 0 aliphatic rings. The van der Waals surface area contributed by atoms with Crippen LogP contribution in [-0.4, -0.2) is 39.6 Å². The van der Waals surface area contributed by atoms with Gasteiger partial charge in [0.25, 0.3) is 5.91 Å². The monoisotopic (exact) mass is 347 g/mol. The van der Waals surface area contributed by atoms with Crippen molar-refractivity contribution in [1.29, 1.82) is 0 Å². The van der Waals surface area contributed by atoms with Gasteiger partial charge in [0.05, 0.1) is 6.04 Å². The highest BCUT2D eigenvalue weighted by atomic mass is 35.5. The topological polar surface area (TPSA) is 86.6 Å². The molecule has 0 heterocycles. The normalized spacial score (nSPS) is 13.0. The summed E-state index contributed by atoms with van der Waals surface area (Å²) in [5, 5.41) is 20.7. The van der Waals surface area contributed by atoms with Crippen LogP contribution in [-0.2, 0) is 9.59 Å². The van der Waals surface area contributed by atoms with Crippen molar-refractivity contribution >= 4 is 35.1 Å². The van der Waals surface area contributed by atoms with Crippen LogP contribution in [0.5, 0.6) is 0 Å². The number of carbonyl (C=O) groups is 2. The van der Waals surface area contributed by atoms with Gasteiger partial charge < -0.3 is 15.5 Å². The number of carboxylic acids is 1. The van der Waals surface area contributed by atoms with Crippen LogP contribution >= 0.6 is 23.2 Å². The van der Waals surface area contributed by atoms with Crippen LogP contribution in [0.3, 0.4) is 0 Å². The predicted octanol–water partition coefficient (Wildman–Crippen LogP) is 1.41. The zero-order valence-electron chi connectivity index (χ0n) is 11.1. The maximum atomic E-state index is 13.0. The molecule has 3 N–H and O–H groups in total. The van der Waals surface area contributed by atoms with Gasteiger partial charge in [-0.15, -0.1) is 0 Å². The molecule has 0 radical (unpaired) electrons. The molecule has 0 bridgehead atoms. The zero-order chi connectivity index (χ0) is 16.7. The first-order chi connectivity index (χ1) is 10.3. The Hall–Kier alpha value is -1.81. The molecule has 8 heteroatoms. The molecule has 0 aliphatic carbocycles. The van der Waals surface area contributed by atoms with Crippen LogP contribution in [0.4, 0.5) is 4.39 Å². The number of halogens is 3. The van der Waals surface area contributed by atoms with Crippen molar-refractivity contribution in [3.8, 4) is 11.8 Å². The molecule has 1 rings (SSSR count). The Kier molecular flexibility index (Phi) is 7.12. The van der Waals surface area contributed by atoms with Crippen molar-refractivity contribution in [2.75, 3.05) is 6.67 Å². The Morgan fingerprint density at radius 2 is 1.86 bits per heavy atom. The fraction of sp³-hybridized carbons (Fsp3) is 0.286. The van der Waals surface area contributed by atoms with E-state index in [2.05, 4.69) is 11.2 Å². The first kappa shape index (κ1) is 18.2. The summed E-state index contributed by atoms with van der Waals surface area (Å²) in [6.45, 7) is -1.02. The minimum absolute atomic E-state index is 0.324. The van der Waals surface area contributed by atoms with E-state index in [1.165, 1.54) is 24.3 Å². The second-order valence-corrected chi connectivity index (χ2v) is 5.29. The quantitative estimate of drug-likeness (QED) is 0.555. The molecule has 1 amide bonds. The number of carboxylic acid groups (broad SMARTS) is 1. The van der Waals surface area contributed by atoms with Gasteiger partial charge >= 0.3 is 5.97 Å². The van der Waals surface area contributed by atoms with Crippen molar-refractivity contribution < 1.29 is 24.2 Å². The van der Waals surface area contributed by atoms with Crippen molar-refractivity contribution in [3.63, 3.8) is 0 Å². The van der Waals surface area contributed by atoms with Gasteiger partial charge in [0.2, 0.25) is 0 Å². The Balaban J connectivity index is 2.83. The lowest BCUT2D eigenvalue weighted by Gasteiger charge is -2.22. The van der Waals surface area contributed by atoms with Gasteiger partial charge in [-0.1, -0.05) is 41.3 Å². The van der Waals surface area contributed by atoms with E-state index in [-0.39, 0.29) is 0 Å². The third-order valence-corrected chi connectivity index (χ3v) is 3.04. The van der Waals surface area contributed by atoms with E-state index < -0.39 is 35.5 Å². The SMILES string of the molecule is O=C(O)C#Cc1ccc(C(O)[C@@H](CF)NC(=O)C(Cl)Cl)cc1. The highest BCUT2D eigenvalue weighted by molar-refractivity contribution is 6.53. The molecule has 1 aromatic rings. The summed E-state index contributed by atoms with van der Waals surface area (Å²) in [7, 11) is 0. The van der Waals surface area contributed by atoms with Gasteiger partial charge in [0.1, 0.15) is 12.8 Å². The van der Waals surface area contributed by atoms with E-state index in [4.69, 9.17) is 28.3 Å². The third-order valence-electron chi connectivity index (χ3n) is 2.64. The first-order valence-corrected chi connectivity index (χ1v) is 6.90. The van der Waals surface area contributed by atoms with Gasteiger partial charge in [-0.3, -0.25) is 4.79 Å². The summed E-state index contributed by atoms with van der Waals surface area (Å²) in [4.78, 5) is 20.3. The fourth-order valence-electron chi connectivity index (χ4n) is 1.57. The Labute approximate surface area is 136 Å². The number of benzene rings is 1. The minimum atomic E-state index is -1.37. The fourth-order valence-corrected chi connectivity index (χ4v) is 1.70. The summed E-state index contributed by atoms with van der Waals surface area (Å²) in [6, 6.07) is 4.63. The highest BCUT2D eigenvalue weighted by Gasteiger charge is 2.25. The molecule has 1 aromatic carbocycles. The maximum absolute atomic E-state index is 13.0. The average molecular weight is 348 g/mol. The zero-order valence-corrected chi connectivity index (χ0v) is 12.6. The van der Waals surface area contributed by atoms with Crippen molar-refractivity contribution in [1.82, 2.24) is 5.32 Å². The molecular formula is C14H12Cl2FNO4. The Morgan fingerprint density at radius 1 is 1.27 bits per heavy atom. The van der Waals surface area contributed by atoms with Crippen molar-refractivity contribution in [2.24, 2.45) is 0 Å². The van der Waals surface area contributed by atoms with Crippen LogP contribution in [0.1, 0.15) is 17.2 Å². The molecule has 118 valence electrons. The lowest BCUT2D eigenvalue weighted by atomic mass is 10.0. The summed E-state index contributed by atoms with van der Waals surface area (Å²) >= 11 is 10.7. The molecule has 2 atom stereocenters. The number of hydrogen-bond acceptors (Lipinski definition) is 3. The Bertz CT molecular complexity index is 595. The Morgan fingerprint density at radius 3 is 2.32 bits per heavy atom. The second kappa shape index (κ2) is 8.59. The minimum Gasteiger partial charge on any atom is -0.472 e. The van der Waals surface area contributed by atoms with Gasteiger partial charge in [0.15, 0.2) is 4.84 Å². The number of aliphatic carboxylic acids is 1. The lowest BCUT2D eigenvalue weighted by molar-refractivity contribution is -0.130. The average Bonchev–Trinajstić information content (AvgIpc) is 2.50. The van der Waals surface area contributed by atoms with Crippen LogP contribution in [0.25, 0.3) is 0 Å². The van der Waals surface area contributed by atoms with Crippen molar-refractivity contribution in [3.05, 3.63) is 35.4 Å². The van der Waals surface area contributed by atoms with Gasteiger partial charge in [-0.25, -0.2) is 9.18 Å². The standard InChI is InChI=1S/C14H12Cl2FNO4/c15-13(16)14(22)18-10(7-17)12(21)9-4-1-8(2-5-9)3-6-11(19)20/h1-2,4-5,10,12-13,21H,7H2,(H,18,22)(H,19,20)/t10-,12?/m1/s1. The number of rotatable bonds is 5. The predicted molar refractivity (Wildman–Crippen MR) is 79.3 cm³/mol. The number of alkyl halides is 3. The van der Waals surface area contributed by atoms with Crippen molar-refractivity contribution in [2.45, 2.75) is 17.0 Å². The van der Waals surface area contributed by atoms with E-state index in [0.29, 0.717) is 11.1 Å². The summed E-state index contributed by atoms with van der Waals surface area (Å²) in [5.74, 6) is 2.26. The molecule has 0 saturated carbocycles. The van der Waals surface area contributed by atoms with Crippen LogP contribution in [0.2, 0.25) is 0 Å². The summed E-state index contributed by atoms with van der Waals surface area (Å²) in [6.07, 6.45) is -1.32. The van der Waals surface area contributed by atoms with Crippen LogP contribution < -0.4 is 5.32 Å². The maximum Gasteiger partial charge on any atom is 0.382 e. The van der Waals surface area contributed by atoms with Gasteiger partial charge in [0, 0.05) is 11.5 Å². The van der Waals surface area contributed by atoms with Crippen LogP contribution in [0, 0.1) is 11.8 Å². The van der Waals surface area contributed by atoms with E-state index in [9.17, 15) is 19.1 Å². The van der Waals surface area contributed by atoms with E-state index >= 15 is 0 Å². The van der Waals surface area contributed by atoms with Crippen LogP contribution in [0.15, 0.2) is 24.3 Å². The number of aliphatic hydroxyl groups is 1. The largest absolute Gasteiger partial charge is 0.472 e. The van der Waals surface area contributed by atoms with E-state index in [0.717, 1.165) is 0 Å². The molecule has 0 fully saturated rings. The highest BCUT2D eigenvalue weighted by Crippen LogP contribution is 2.18. The molecule has 0 aliphatic heterocycles. The molecule has 0 spiro atoms. The molecule has 1 unspecified atom stereocenters. The van der Waals surface area contributed by atoms with E-state index in [1.54, 1.807) is 0 Å². The summed E-state index contributed by atoms with van der Waals surface area (Å²) < 4.78 is 13.0. The molecular weight excluding hydrogens is 336 g/mol. The number of carbonyl (C=O) groups excluding carboxylic acids is 1. The number of hydrogen-bond donors (Lipinski definition) is 3. The molecule has 5 nitrogen and oxygen atoms in total. The number of amides is 1. The van der Waals surface area contributed by atoms with Gasteiger partial charge in [-0.05, 0) is 17.7 Å². The number of nitrogens with one attached hydrogen (secondary N) is 1. The molecule has 22 heavy (non-hydrogen) atoms. The number of aliphatic hydroxyl groups excluding tert-OH is 1. The van der Waals surface area contributed by atoms with E-state index in [1.807, 2.05) is 5.92 Å². The molecule has 0 aromatic heterocycles. The lowest BCUT2D eigenvalue weighted by Crippen LogP contribution is -2.43. The van der Waals surface area contributed by atoms with Gasteiger partial charge in [-0.2, -0.15) is 0 Å².